The number of piperidine rings is 1. The lowest BCUT2D eigenvalue weighted by Crippen LogP contribution is -2.58. The Hall–Kier alpha value is -1.32. The van der Waals surface area contributed by atoms with E-state index in [9.17, 15) is 5.11 Å². The highest BCUT2D eigenvalue weighted by molar-refractivity contribution is 5.86. The average Bonchev–Trinajstić information content (AvgIpc) is 2.89. The number of para-hydroxylation sites is 1. The van der Waals surface area contributed by atoms with Gasteiger partial charge in [-0.3, -0.25) is 4.90 Å². The minimum atomic E-state index is -0.223. The van der Waals surface area contributed by atoms with Crippen LogP contribution in [0.4, 0.5) is 0 Å². The zero-order valence-corrected chi connectivity index (χ0v) is 13.3. The summed E-state index contributed by atoms with van der Waals surface area (Å²) in [6, 6.07) is 9.21. The molecule has 3 nitrogen and oxygen atoms in total. The summed E-state index contributed by atoms with van der Waals surface area (Å²) in [4.78, 5) is 2.66. The van der Waals surface area contributed by atoms with Gasteiger partial charge >= 0.3 is 0 Å². The van der Waals surface area contributed by atoms with Gasteiger partial charge in [-0.25, -0.2) is 0 Å². The number of aromatic nitrogens is 1. The summed E-state index contributed by atoms with van der Waals surface area (Å²) in [5.41, 5.74) is 4.48. The molecule has 1 fully saturated rings. The van der Waals surface area contributed by atoms with Crippen LogP contribution in [0, 0.1) is 5.41 Å². The van der Waals surface area contributed by atoms with Crippen LogP contribution in [-0.4, -0.2) is 33.8 Å². The van der Waals surface area contributed by atoms with Crippen LogP contribution in [0.5, 0.6) is 0 Å². The van der Waals surface area contributed by atoms with Gasteiger partial charge in [-0.1, -0.05) is 25.1 Å². The fourth-order valence-corrected chi connectivity index (χ4v) is 5.66. The number of aliphatic hydroxyl groups excluding tert-OH is 1. The van der Waals surface area contributed by atoms with Crippen LogP contribution in [0.1, 0.15) is 43.5 Å². The lowest BCUT2D eigenvalue weighted by atomic mass is 9.63. The maximum Gasteiger partial charge on any atom is 0.0794 e. The SMILES string of the molecule is CC[C@]12CCCN3CCc4c(n(c5ccccc45)C[C@@H]1O)[C@H]32. The molecule has 3 atom stereocenters. The third-order valence-electron chi connectivity index (χ3n) is 6.70. The maximum absolute atomic E-state index is 11.1. The highest BCUT2D eigenvalue weighted by Gasteiger charge is 2.54. The van der Waals surface area contributed by atoms with Gasteiger partial charge in [0.15, 0.2) is 0 Å². The molecule has 1 saturated heterocycles. The van der Waals surface area contributed by atoms with Crippen LogP contribution >= 0.6 is 0 Å². The van der Waals surface area contributed by atoms with Crippen molar-refractivity contribution >= 4 is 10.9 Å². The summed E-state index contributed by atoms with van der Waals surface area (Å²) in [6.07, 6.45) is 4.43. The van der Waals surface area contributed by atoms with Gasteiger partial charge in [0.05, 0.1) is 12.1 Å². The summed E-state index contributed by atoms with van der Waals surface area (Å²) < 4.78 is 2.44. The number of rotatable bonds is 1. The second kappa shape index (κ2) is 4.36. The molecule has 0 bridgehead atoms. The fourth-order valence-electron chi connectivity index (χ4n) is 5.66. The zero-order chi connectivity index (χ0) is 14.9. The number of hydrogen-bond donors (Lipinski definition) is 1. The Kier molecular flexibility index (Phi) is 2.61. The molecular formula is C19H24N2O. The van der Waals surface area contributed by atoms with Gasteiger partial charge < -0.3 is 9.67 Å². The molecule has 0 saturated carbocycles. The second-order valence-electron chi connectivity index (χ2n) is 7.39. The summed E-state index contributed by atoms with van der Waals surface area (Å²) >= 11 is 0. The van der Waals surface area contributed by atoms with Gasteiger partial charge in [0.2, 0.25) is 0 Å². The Morgan fingerprint density at radius 1 is 1.27 bits per heavy atom. The normalized spacial score (nSPS) is 33.9. The molecule has 0 unspecified atom stereocenters. The topological polar surface area (TPSA) is 28.4 Å². The van der Waals surface area contributed by atoms with Crippen LogP contribution < -0.4 is 0 Å². The van der Waals surface area contributed by atoms with Crippen LogP contribution in [0.3, 0.4) is 0 Å². The van der Waals surface area contributed by atoms with Crippen LogP contribution in [0.15, 0.2) is 24.3 Å². The van der Waals surface area contributed by atoms with E-state index in [0.29, 0.717) is 6.04 Å². The molecule has 1 aromatic carbocycles. The van der Waals surface area contributed by atoms with Crippen molar-refractivity contribution in [1.29, 1.82) is 0 Å². The molecule has 3 heteroatoms. The van der Waals surface area contributed by atoms with Crippen molar-refractivity contribution in [3.63, 3.8) is 0 Å². The summed E-state index contributed by atoms with van der Waals surface area (Å²) in [5, 5.41) is 12.5. The number of aliphatic hydroxyl groups is 1. The van der Waals surface area contributed by atoms with E-state index >= 15 is 0 Å². The fraction of sp³-hybridized carbons (Fsp3) is 0.579. The molecule has 5 rings (SSSR count). The van der Waals surface area contributed by atoms with Crippen molar-refractivity contribution in [3.8, 4) is 0 Å². The van der Waals surface area contributed by atoms with E-state index in [1.807, 2.05) is 0 Å². The van der Waals surface area contributed by atoms with E-state index in [1.165, 1.54) is 36.0 Å². The Balaban J connectivity index is 1.84. The third kappa shape index (κ3) is 1.40. The molecule has 0 spiro atoms. The smallest absolute Gasteiger partial charge is 0.0794 e. The number of nitrogens with zero attached hydrogens (tertiary/aromatic N) is 2. The average molecular weight is 296 g/mol. The Bertz CT molecular complexity index is 749. The van der Waals surface area contributed by atoms with Crippen LogP contribution in [-0.2, 0) is 13.0 Å². The maximum atomic E-state index is 11.1. The monoisotopic (exact) mass is 296 g/mol. The van der Waals surface area contributed by atoms with E-state index in [0.717, 1.165) is 25.9 Å². The Morgan fingerprint density at radius 3 is 3.00 bits per heavy atom. The molecule has 2 aromatic rings. The number of hydrogen-bond acceptors (Lipinski definition) is 2. The van der Waals surface area contributed by atoms with Crippen molar-refractivity contribution in [3.05, 3.63) is 35.5 Å². The molecule has 0 amide bonds. The van der Waals surface area contributed by atoms with E-state index in [4.69, 9.17) is 0 Å². The minimum absolute atomic E-state index is 0.0673. The van der Waals surface area contributed by atoms with Gasteiger partial charge in [0.1, 0.15) is 0 Å². The van der Waals surface area contributed by atoms with E-state index < -0.39 is 0 Å². The highest BCUT2D eigenvalue weighted by atomic mass is 16.3. The Labute approximate surface area is 131 Å². The predicted octanol–water partition coefficient (Wildman–Crippen LogP) is 3.11. The lowest BCUT2D eigenvalue weighted by Gasteiger charge is -2.57. The molecule has 0 radical (unpaired) electrons. The molecule has 116 valence electrons. The molecular weight excluding hydrogens is 272 g/mol. The van der Waals surface area contributed by atoms with Crippen LogP contribution in [0.25, 0.3) is 10.9 Å². The molecule has 4 heterocycles. The molecule has 1 N–H and O–H groups in total. The third-order valence-corrected chi connectivity index (χ3v) is 6.70. The second-order valence-corrected chi connectivity index (χ2v) is 7.39. The van der Waals surface area contributed by atoms with E-state index in [2.05, 4.69) is 40.7 Å². The molecule has 22 heavy (non-hydrogen) atoms. The first-order valence-corrected chi connectivity index (χ1v) is 8.78. The lowest BCUT2D eigenvalue weighted by molar-refractivity contribution is -0.109. The van der Waals surface area contributed by atoms with Crippen molar-refractivity contribution in [2.24, 2.45) is 5.41 Å². The first-order valence-electron chi connectivity index (χ1n) is 8.78. The first kappa shape index (κ1) is 13.1. The van der Waals surface area contributed by atoms with E-state index in [1.54, 1.807) is 5.56 Å². The molecule has 0 aliphatic carbocycles. The first-order chi connectivity index (χ1) is 10.8. The van der Waals surface area contributed by atoms with Gasteiger partial charge in [-0.2, -0.15) is 0 Å². The number of benzene rings is 1. The predicted molar refractivity (Wildman–Crippen MR) is 87.9 cm³/mol. The summed E-state index contributed by atoms with van der Waals surface area (Å²) in [6.45, 7) is 5.40. The van der Waals surface area contributed by atoms with E-state index in [-0.39, 0.29) is 11.5 Å². The van der Waals surface area contributed by atoms with Crippen molar-refractivity contribution in [2.75, 3.05) is 13.1 Å². The quantitative estimate of drug-likeness (QED) is 0.876. The largest absolute Gasteiger partial charge is 0.391 e. The highest BCUT2D eigenvalue weighted by Crippen LogP contribution is 2.56. The van der Waals surface area contributed by atoms with Gasteiger partial charge in [-0.05, 0) is 43.9 Å². The van der Waals surface area contributed by atoms with Gasteiger partial charge in [-0.15, -0.1) is 0 Å². The van der Waals surface area contributed by atoms with Gasteiger partial charge in [0.25, 0.3) is 0 Å². The van der Waals surface area contributed by atoms with Gasteiger partial charge in [0, 0.05) is 35.1 Å². The molecule has 3 aliphatic heterocycles. The summed E-state index contributed by atoms with van der Waals surface area (Å²) in [5.74, 6) is 0. The van der Waals surface area contributed by atoms with Crippen molar-refractivity contribution in [2.45, 2.75) is 51.3 Å². The number of fused-ring (bicyclic) bond motifs is 3. The van der Waals surface area contributed by atoms with Crippen molar-refractivity contribution < 1.29 is 5.11 Å². The molecule has 3 aliphatic rings. The zero-order valence-electron chi connectivity index (χ0n) is 13.3. The molecule has 1 aromatic heterocycles. The Morgan fingerprint density at radius 2 is 2.14 bits per heavy atom. The van der Waals surface area contributed by atoms with Crippen molar-refractivity contribution in [1.82, 2.24) is 9.47 Å². The minimum Gasteiger partial charge on any atom is -0.391 e. The standard InChI is InChI=1S/C19H24N2O/c1-2-19-9-5-10-20-11-8-14-13-6-3-4-7-15(13)21(12-16(19)22)17(14)18(19)20/h3-4,6-7,16,18,22H,2,5,8-12H2,1H3/t16-,18-,19-/m0/s1. The summed E-state index contributed by atoms with van der Waals surface area (Å²) in [7, 11) is 0. The van der Waals surface area contributed by atoms with Crippen LogP contribution in [0.2, 0.25) is 0 Å².